The summed E-state index contributed by atoms with van der Waals surface area (Å²) in [6, 6.07) is 52.7. The molecule has 11 rings (SSSR count). The van der Waals surface area contributed by atoms with Gasteiger partial charge in [0.05, 0.1) is 24.9 Å². The molecule has 337 valence electrons. The van der Waals surface area contributed by atoms with Gasteiger partial charge in [0.1, 0.15) is 0 Å². The van der Waals surface area contributed by atoms with Crippen molar-refractivity contribution in [2.24, 2.45) is 5.92 Å². The van der Waals surface area contributed by atoms with Crippen molar-refractivity contribution < 1.29 is 29.7 Å². The van der Waals surface area contributed by atoms with E-state index in [1.165, 1.54) is 85.3 Å². The molecule has 1 aliphatic rings. The molecule has 0 bridgehead atoms. The smallest absolute Gasteiger partial charge is 0.0798 e. The maximum atomic E-state index is 8.60. The third kappa shape index (κ3) is 9.30. The van der Waals surface area contributed by atoms with E-state index in [1.54, 1.807) is 17.8 Å². The Morgan fingerprint density at radius 1 is 0.836 bits per heavy atom. The summed E-state index contributed by atoms with van der Waals surface area (Å²) in [6.45, 7) is 9.70. The number of pyridine rings is 1. The van der Waals surface area contributed by atoms with Crippen LogP contribution in [-0.2, 0) is 39.3 Å². The van der Waals surface area contributed by atoms with E-state index in [1.807, 2.05) is 25.2 Å². The second-order valence-electron chi connectivity index (χ2n) is 18.6. The molecule has 3 nitrogen and oxygen atoms in total. The Hall–Kier alpha value is -5.75. The van der Waals surface area contributed by atoms with Crippen LogP contribution in [0.5, 0.6) is 0 Å². The van der Waals surface area contributed by atoms with E-state index >= 15 is 0 Å². The van der Waals surface area contributed by atoms with Crippen LogP contribution in [0.3, 0.4) is 0 Å². The Labute approximate surface area is 425 Å². The zero-order chi connectivity index (χ0) is 51.6. The third-order valence-electron chi connectivity index (χ3n) is 12.6. The zero-order valence-electron chi connectivity index (χ0n) is 45.8. The number of imidazole rings is 1. The van der Waals surface area contributed by atoms with Gasteiger partial charge in [0, 0.05) is 51.8 Å². The van der Waals surface area contributed by atoms with Crippen molar-refractivity contribution in [2.75, 3.05) is 0 Å². The number of aryl methyl sites for hydroxylation is 2. The first-order valence-electron chi connectivity index (χ1n) is 26.5. The molecule has 10 aromatic rings. The maximum absolute atomic E-state index is 8.60. The molecule has 0 N–H and O–H groups in total. The molecule has 7 aromatic carbocycles. The summed E-state index contributed by atoms with van der Waals surface area (Å²) >= 11 is 1.87. The van der Waals surface area contributed by atoms with Crippen LogP contribution in [-0.4, -0.2) is 22.6 Å². The monoisotopic (exact) mass is 1090 g/mol. The fourth-order valence-corrected chi connectivity index (χ4v) is 12.2. The minimum absolute atomic E-state index is 0. The van der Waals surface area contributed by atoms with Crippen LogP contribution >= 0.6 is 11.3 Å². The zero-order valence-corrected chi connectivity index (χ0v) is 43.0. The number of thiophene rings is 1. The molecule has 3 heterocycles. The summed E-state index contributed by atoms with van der Waals surface area (Å²) in [7, 11) is -1.87. The topological polar surface area (TPSA) is 30.7 Å². The Balaban J connectivity index is 0.000000202. The van der Waals surface area contributed by atoms with Crippen molar-refractivity contribution in [3.8, 4) is 50.6 Å². The van der Waals surface area contributed by atoms with Gasteiger partial charge in [-0.05, 0) is 111 Å². The molecule has 0 atom stereocenters. The van der Waals surface area contributed by atoms with Gasteiger partial charge in [-0.15, -0.1) is 53.0 Å². The summed E-state index contributed by atoms with van der Waals surface area (Å²) in [6.07, 6.45) is 5.07. The number of para-hydroxylation sites is 3. The number of hydrogen-bond acceptors (Lipinski definition) is 3. The number of hydrogen-bond donors (Lipinski definition) is 0. The molecule has 0 fully saturated rings. The number of benzene rings is 7. The van der Waals surface area contributed by atoms with E-state index in [9.17, 15) is 0 Å². The van der Waals surface area contributed by atoms with Crippen molar-refractivity contribution in [1.82, 2.24) is 14.5 Å². The molecule has 0 saturated heterocycles. The van der Waals surface area contributed by atoms with Gasteiger partial charge in [-0.1, -0.05) is 161 Å². The van der Waals surface area contributed by atoms with Gasteiger partial charge in [-0.25, -0.2) is 0 Å². The van der Waals surface area contributed by atoms with Crippen LogP contribution in [0.15, 0.2) is 152 Å². The van der Waals surface area contributed by atoms with Crippen LogP contribution in [0.1, 0.15) is 64.1 Å². The summed E-state index contributed by atoms with van der Waals surface area (Å²) < 4.78 is 60.7. The Bertz CT molecular complexity index is 3700. The second-order valence-corrected chi connectivity index (χ2v) is 24.7. The SMILES string of the molecule is Cc1c[c-]c(-c2nc3ccccc3n2-c2ccccc2-c2ccccc2)c2sc3cc(-c4cccc5c4CCCC5)ccc3c12.[2H]c1[c-]c(-c2cc(C([2H])([2H])C(C)C)c([Si](C)(C)C)cn2)cc([2H])c1C([2H])([2H])[2H].[Ir]. The summed E-state index contributed by atoms with van der Waals surface area (Å²) in [4.78, 5) is 9.75. The van der Waals surface area contributed by atoms with E-state index in [0.717, 1.165) is 33.3 Å². The van der Waals surface area contributed by atoms with Crippen LogP contribution in [0.2, 0.25) is 19.6 Å². The average Bonchev–Trinajstić information content (AvgIpc) is 3.95. The van der Waals surface area contributed by atoms with Crippen LogP contribution in [0.4, 0.5) is 0 Å². The number of rotatable bonds is 8. The fraction of sp³-hybridized carbons (Fsp3) is 0.213. The Morgan fingerprint density at radius 3 is 2.42 bits per heavy atom. The maximum Gasteiger partial charge on any atom is 0.0798 e. The van der Waals surface area contributed by atoms with E-state index in [0.29, 0.717) is 16.8 Å². The van der Waals surface area contributed by atoms with Gasteiger partial charge in [0.2, 0.25) is 0 Å². The number of nitrogens with zero attached hydrogens (tertiary/aromatic N) is 3. The first-order chi connectivity index (χ1) is 34.8. The Morgan fingerprint density at radius 2 is 1.61 bits per heavy atom. The summed E-state index contributed by atoms with van der Waals surface area (Å²) in [5, 5.41) is 3.54. The molecule has 3 aromatic heterocycles. The van der Waals surface area contributed by atoms with Crippen molar-refractivity contribution in [2.45, 2.75) is 79.3 Å². The standard InChI is InChI=1S/C42H31N2S.C19H26NSi.Ir/c1-27-22-24-35(41-40(27)34-25-23-30(26-39(34)45-41)32-18-11-15-28-14-5-6-16-31(28)32)42-43-36-19-8-10-21-38(36)44(42)37-20-9-7-17-33(37)29-12-3-2-4-13-29;1-14(2)11-17-12-18(16-9-7-15(3)8-10-16)20-13-19(17)21(4,5)6;/h2-4,7-13,15,17-23,25-26H,5-6,14,16H2,1H3;7-9,12-14H,11H2,1-6H3;/q2*-1;/i;3D3,7D,8D,11D2;. The molecule has 0 unspecified atom stereocenters. The van der Waals surface area contributed by atoms with E-state index in [4.69, 9.17) is 14.6 Å². The number of fused-ring (bicyclic) bond motifs is 5. The molecule has 0 saturated carbocycles. The van der Waals surface area contributed by atoms with Gasteiger partial charge in [0.15, 0.2) is 0 Å². The molecule has 1 radical (unpaired) electrons. The van der Waals surface area contributed by atoms with Gasteiger partial charge in [0.25, 0.3) is 0 Å². The molecule has 67 heavy (non-hydrogen) atoms. The summed E-state index contributed by atoms with van der Waals surface area (Å²) in [5.41, 5.74) is 14.6. The predicted octanol–water partition coefficient (Wildman–Crippen LogP) is 16.0. The number of aromatic nitrogens is 3. The van der Waals surface area contributed by atoms with Crippen molar-refractivity contribution in [3.05, 3.63) is 192 Å². The van der Waals surface area contributed by atoms with Crippen LogP contribution in [0, 0.1) is 31.8 Å². The van der Waals surface area contributed by atoms with E-state index in [2.05, 4.69) is 170 Å². The van der Waals surface area contributed by atoms with Gasteiger partial charge < -0.3 is 9.55 Å². The third-order valence-corrected chi connectivity index (χ3v) is 15.8. The van der Waals surface area contributed by atoms with Gasteiger partial charge in [-0.3, -0.25) is 4.98 Å². The molecule has 0 aliphatic heterocycles. The van der Waals surface area contributed by atoms with Crippen LogP contribution in [0.25, 0.3) is 81.8 Å². The first-order valence-corrected chi connectivity index (χ1v) is 27.3. The Kier molecular flexibility index (Phi) is 11.1. The van der Waals surface area contributed by atoms with Crippen molar-refractivity contribution >= 4 is 55.8 Å². The van der Waals surface area contributed by atoms with Gasteiger partial charge in [-0.2, -0.15) is 11.3 Å². The minimum Gasteiger partial charge on any atom is -0.333 e. The van der Waals surface area contributed by atoms with Gasteiger partial charge >= 0.3 is 0 Å². The molecule has 0 amide bonds. The normalized spacial score (nSPS) is 14.5. The average molecular weight is 1090 g/mol. The molecular weight excluding hydrogens is 1030 g/mol. The second kappa shape index (κ2) is 19.5. The quantitative estimate of drug-likeness (QED) is 0.112. The first kappa shape index (κ1) is 38.2. The molecule has 0 spiro atoms. The van der Waals surface area contributed by atoms with E-state index < -0.39 is 21.3 Å². The van der Waals surface area contributed by atoms with E-state index in [-0.39, 0.29) is 43.7 Å². The van der Waals surface area contributed by atoms with Crippen molar-refractivity contribution in [1.29, 1.82) is 0 Å². The largest absolute Gasteiger partial charge is 0.333 e. The minimum atomic E-state index is -2.56. The molecule has 1 aliphatic carbocycles. The predicted molar refractivity (Wildman–Crippen MR) is 285 cm³/mol. The fourth-order valence-electron chi connectivity index (χ4n) is 9.45. The molecule has 6 heteroatoms. The van der Waals surface area contributed by atoms with Crippen molar-refractivity contribution in [3.63, 3.8) is 0 Å². The van der Waals surface area contributed by atoms with Crippen LogP contribution < -0.4 is 5.19 Å². The summed E-state index contributed by atoms with van der Waals surface area (Å²) in [5.74, 6) is 0.673. The molecular formula is C61H57IrN3SSi-2.